The molecule has 0 amide bonds. The van der Waals surface area contributed by atoms with Crippen LogP contribution in [0.15, 0.2) is 30.3 Å². The van der Waals surface area contributed by atoms with E-state index in [1.165, 1.54) is 5.56 Å². The Labute approximate surface area is 135 Å². The Morgan fingerprint density at radius 3 is 2.41 bits per heavy atom. The maximum atomic E-state index is 6.19. The Bertz CT molecular complexity index is 388. The highest BCUT2D eigenvalue weighted by Gasteiger charge is 2.39. The van der Waals surface area contributed by atoms with Crippen molar-refractivity contribution in [1.29, 1.82) is 0 Å². The lowest BCUT2D eigenvalue weighted by Crippen LogP contribution is -2.47. The molecule has 0 fully saturated rings. The normalized spacial score (nSPS) is 13.3. The summed E-state index contributed by atoms with van der Waals surface area (Å²) in [7, 11) is 0.766. The summed E-state index contributed by atoms with van der Waals surface area (Å²) in [5.74, 6) is 0. The summed E-state index contributed by atoms with van der Waals surface area (Å²) in [6, 6.07) is 11.1. The maximum absolute atomic E-state index is 6.19. The summed E-state index contributed by atoms with van der Waals surface area (Å²) in [6.45, 7) is 4.45. The van der Waals surface area contributed by atoms with E-state index in [2.05, 4.69) is 24.4 Å². The molecule has 0 radical (unpaired) electrons. The van der Waals surface area contributed by atoms with Gasteiger partial charge in [0.1, 0.15) is 0 Å². The number of nitrogens with two attached hydrogens (primary N) is 1. The third-order valence-corrected chi connectivity index (χ3v) is 6.50. The molecule has 126 valence electrons. The second-order valence-electron chi connectivity index (χ2n) is 5.35. The Morgan fingerprint density at radius 1 is 1.14 bits per heavy atom. The summed E-state index contributed by atoms with van der Waals surface area (Å²) in [5.41, 5.74) is 6.72. The zero-order valence-electron chi connectivity index (χ0n) is 14.0. The molecule has 0 heterocycles. The Hall–Kier alpha value is -0.763. The molecule has 3 N–H and O–H groups in total. The summed E-state index contributed by atoms with van der Waals surface area (Å²) >= 11 is 0. The molecule has 22 heavy (non-hydrogen) atoms. The van der Waals surface area contributed by atoms with Gasteiger partial charge in [0, 0.05) is 33.4 Å². The van der Waals surface area contributed by atoms with Crippen LogP contribution in [0, 0.1) is 0 Å². The minimum absolute atomic E-state index is 0.0611. The van der Waals surface area contributed by atoms with Gasteiger partial charge in [0.2, 0.25) is 0 Å². The fourth-order valence-corrected chi connectivity index (χ4v) is 4.59. The maximum Gasteiger partial charge on any atom is 0.500 e. The topological polar surface area (TPSA) is 65.7 Å². The highest BCUT2D eigenvalue weighted by molar-refractivity contribution is 6.60. The smallest absolute Gasteiger partial charge is 0.377 e. The Kier molecular flexibility index (Phi) is 9.54. The molecule has 0 aliphatic heterocycles. The second kappa shape index (κ2) is 10.9. The molecule has 1 atom stereocenters. The van der Waals surface area contributed by atoms with Gasteiger partial charge in [-0.3, -0.25) is 0 Å². The van der Waals surface area contributed by atoms with Crippen LogP contribution < -0.4 is 11.1 Å². The van der Waals surface area contributed by atoms with Gasteiger partial charge < -0.3 is 24.3 Å². The largest absolute Gasteiger partial charge is 0.500 e. The molecule has 1 unspecified atom stereocenters. The third-order valence-electron chi connectivity index (χ3n) is 3.53. The fourth-order valence-electron chi connectivity index (χ4n) is 2.39. The van der Waals surface area contributed by atoms with E-state index in [1.54, 1.807) is 14.2 Å². The third kappa shape index (κ3) is 7.00. The average Bonchev–Trinajstić information content (AvgIpc) is 2.54. The molecule has 0 saturated heterocycles. The zero-order chi connectivity index (χ0) is 16.3. The first kappa shape index (κ1) is 19.3. The highest BCUT2D eigenvalue weighted by atomic mass is 28.4. The van der Waals surface area contributed by atoms with Gasteiger partial charge in [-0.05, 0) is 31.9 Å². The van der Waals surface area contributed by atoms with Gasteiger partial charge >= 0.3 is 8.80 Å². The van der Waals surface area contributed by atoms with E-state index < -0.39 is 8.80 Å². The lowest BCUT2D eigenvalue weighted by atomic mass is 10.1. The van der Waals surface area contributed by atoms with E-state index in [9.17, 15) is 0 Å². The molecule has 0 aromatic heterocycles. The van der Waals surface area contributed by atoms with Crippen LogP contribution in [0.25, 0.3) is 0 Å². The molecular weight excluding hydrogens is 296 g/mol. The zero-order valence-corrected chi connectivity index (χ0v) is 15.0. The minimum atomic E-state index is -2.59. The molecule has 5 nitrogen and oxygen atoms in total. The number of hydrogen-bond acceptors (Lipinski definition) is 5. The molecule has 0 bridgehead atoms. The first-order chi connectivity index (χ1) is 10.7. The molecule has 0 spiro atoms. The van der Waals surface area contributed by atoms with Crippen molar-refractivity contribution in [2.45, 2.75) is 31.9 Å². The number of rotatable bonds is 12. The highest BCUT2D eigenvalue weighted by Crippen LogP contribution is 2.19. The van der Waals surface area contributed by atoms with Crippen LogP contribution in [0.4, 0.5) is 0 Å². The van der Waals surface area contributed by atoms with Gasteiger partial charge in [0.25, 0.3) is 0 Å². The lowest BCUT2D eigenvalue weighted by Gasteiger charge is -2.30. The van der Waals surface area contributed by atoms with Gasteiger partial charge in [-0.25, -0.2) is 0 Å². The van der Waals surface area contributed by atoms with Crippen molar-refractivity contribution in [2.75, 3.05) is 33.9 Å². The molecule has 0 saturated carbocycles. The molecule has 1 aromatic carbocycles. The number of hydrogen-bond donors (Lipinski definition) is 2. The molecule has 1 aromatic rings. The summed E-state index contributed by atoms with van der Waals surface area (Å²) < 4.78 is 17.5. The van der Waals surface area contributed by atoms with Crippen LogP contribution in [0.5, 0.6) is 0 Å². The number of nitrogens with one attached hydrogen (secondary N) is 1. The first-order valence-electron chi connectivity index (χ1n) is 7.88. The first-order valence-corrected chi connectivity index (χ1v) is 9.82. The van der Waals surface area contributed by atoms with Crippen molar-refractivity contribution < 1.29 is 13.3 Å². The summed E-state index contributed by atoms with van der Waals surface area (Å²) in [6.07, 6.45) is 1.87. The van der Waals surface area contributed by atoms with Crippen molar-refractivity contribution in [2.24, 2.45) is 5.73 Å². The van der Waals surface area contributed by atoms with E-state index in [1.807, 2.05) is 18.2 Å². The van der Waals surface area contributed by atoms with Gasteiger partial charge in [-0.15, -0.1) is 0 Å². The molecule has 0 aliphatic carbocycles. The number of benzene rings is 1. The van der Waals surface area contributed by atoms with Crippen LogP contribution in [0.2, 0.25) is 6.04 Å². The quantitative estimate of drug-likeness (QED) is 0.453. The van der Waals surface area contributed by atoms with Crippen LogP contribution in [0.1, 0.15) is 18.9 Å². The Balaban J connectivity index is 2.46. The lowest BCUT2D eigenvalue weighted by molar-refractivity contribution is 0.0623. The van der Waals surface area contributed by atoms with Crippen LogP contribution in [-0.4, -0.2) is 48.8 Å². The van der Waals surface area contributed by atoms with Crippen LogP contribution in [-0.2, 0) is 19.7 Å². The van der Waals surface area contributed by atoms with Crippen molar-refractivity contribution in [3.05, 3.63) is 35.9 Å². The Morgan fingerprint density at radius 2 is 1.82 bits per heavy atom. The molecule has 0 aliphatic rings. The molecule has 6 heteroatoms. The standard InChI is InChI=1S/C16H30N2O3Si/c1-15(14-16-8-5-4-6-9-16)21-22(19-2,20-3)13-7-11-18-12-10-17/h4-6,8-9,15,18H,7,10-14,17H2,1-3H3. The minimum Gasteiger partial charge on any atom is -0.377 e. The van der Waals surface area contributed by atoms with Crippen molar-refractivity contribution in [3.63, 3.8) is 0 Å². The van der Waals surface area contributed by atoms with E-state index >= 15 is 0 Å². The van der Waals surface area contributed by atoms with E-state index in [-0.39, 0.29) is 6.10 Å². The van der Waals surface area contributed by atoms with Gasteiger partial charge in [0.05, 0.1) is 6.10 Å². The second-order valence-corrected chi connectivity index (χ2v) is 8.27. The van der Waals surface area contributed by atoms with Crippen molar-refractivity contribution in [1.82, 2.24) is 5.32 Å². The van der Waals surface area contributed by atoms with Crippen LogP contribution >= 0.6 is 0 Å². The predicted octanol–water partition coefficient (Wildman–Crippen LogP) is 1.80. The fraction of sp³-hybridized carbons (Fsp3) is 0.625. The van der Waals surface area contributed by atoms with Crippen molar-refractivity contribution >= 4 is 8.80 Å². The monoisotopic (exact) mass is 326 g/mol. The van der Waals surface area contributed by atoms with Gasteiger partial charge in [-0.1, -0.05) is 30.3 Å². The van der Waals surface area contributed by atoms with Crippen molar-refractivity contribution in [3.8, 4) is 0 Å². The molecular formula is C16H30N2O3Si. The van der Waals surface area contributed by atoms with E-state index in [0.717, 1.165) is 32.0 Å². The average molecular weight is 327 g/mol. The van der Waals surface area contributed by atoms with E-state index in [0.29, 0.717) is 6.54 Å². The predicted molar refractivity (Wildman–Crippen MR) is 91.8 cm³/mol. The van der Waals surface area contributed by atoms with E-state index in [4.69, 9.17) is 19.0 Å². The van der Waals surface area contributed by atoms with Gasteiger partial charge in [0.15, 0.2) is 0 Å². The van der Waals surface area contributed by atoms with Crippen LogP contribution in [0.3, 0.4) is 0 Å². The van der Waals surface area contributed by atoms with Gasteiger partial charge in [-0.2, -0.15) is 0 Å². The molecule has 1 rings (SSSR count). The SMILES string of the molecule is CO[Si](CCCNCCN)(OC)OC(C)Cc1ccccc1. The summed E-state index contributed by atoms with van der Waals surface area (Å²) in [5, 5.41) is 3.28. The summed E-state index contributed by atoms with van der Waals surface area (Å²) in [4.78, 5) is 0.